The average Bonchev–Trinajstić information content (AvgIpc) is 2.63. The molecule has 1 N–H and O–H groups in total. The first-order valence-corrected chi connectivity index (χ1v) is 8.62. The van der Waals surface area contributed by atoms with Gasteiger partial charge in [-0.25, -0.2) is 0 Å². The minimum absolute atomic E-state index is 0.00810. The third kappa shape index (κ3) is 4.31. The molecule has 1 aliphatic heterocycles. The van der Waals surface area contributed by atoms with E-state index >= 15 is 0 Å². The van der Waals surface area contributed by atoms with Gasteiger partial charge in [0.1, 0.15) is 13.2 Å². The molecule has 3 rings (SSSR count). The van der Waals surface area contributed by atoms with Gasteiger partial charge in [-0.3, -0.25) is 9.69 Å². The Hall–Kier alpha value is -2.53. The van der Waals surface area contributed by atoms with Crippen LogP contribution in [-0.2, 0) is 11.3 Å². The fourth-order valence-corrected chi connectivity index (χ4v) is 3.03. The summed E-state index contributed by atoms with van der Waals surface area (Å²) in [4.78, 5) is 14.7. The Morgan fingerprint density at radius 1 is 1.12 bits per heavy atom. The molecule has 0 bridgehead atoms. The number of nitrogens with one attached hydrogen (secondary N) is 1. The van der Waals surface area contributed by atoms with Crippen LogP contribution in [-0.4, -0.2) is 37.1 Å². The van der Waals surface area contributed by atoms with Crippen molar-refractivity contribution in [3.63, 3.8) is 0 Å². The maximum absolute atomic E-state index is 12.6. The van der Waals surface area contributed by atoms with E-state index in [0.29, 0.717) is 19.8 Å². The van der Waals surface area contributed by atoms with Crippen LogP contribution in [0.3, 0.4) is 0 Å². The summed E-state index contributed by atoms with van der Waals surface area (Å²) >= 11 is 0. The van der Waals surface area contributed by atoms with Crippen LogP contribution in [0.2, 0.25) is 0 Å². The highest BCUT2D eigenvalue weighted by molar-refractivity contribution is 5.94. The number of para-hydroxylation sites is 1. The summed E-state index contributed by atoms with van der Waals surface area (Å²) in [5.41, 5.74) is 1.91. The molecule has 1 atom stereocenters. The lowest BCUT2D eigenvalue weighted by molar-refractivity contribution is -0.121. The van der Waals surface area contributed by atoms with Crippen LogP contribution >= 0.6 is 0 Å². The summed E-state index contributed by atoms with van der Waals surface area (Å²) in [7, 11) is 1.97. The van der Waals surface area contributed by atoms with Crippen molar-refractivity contribution in [2.24, 2.45) is 0 Å². The van der Waals surface area contributed by atoms with E-state index in [1.54, 1.807) is 0 Å². The molecule has 0 saturated heterocycles. The van der Waals surface area contributed by atoms with Crippen molar-refractivity contribution in [3.8, 4) is 11.5 Å². The van der Waals surface area contributed by atoms with Crippen LogP contribution in [0.15, 0.2) is 48.5 Å². The topological polar surface area (TPSA) is 50.8 Å². The Bertz CT molecular complexity index is 718. The number of hydrogen-bond acceptors (Lipinski definition) is 4. The van der Waals surface area contributed by atoms with Crippen LogP contribution < -0.4 is 14.8 Å². The molecule has 2 aromatic carbocycles. The highest BCUT2D eigenvalue weighted by atomic mass is 16.6. The van der Waals surface area contributed by atoms with Gasteiger partial charge < -0.3 is 14.8 Å². The highest BCUT2D eigenvalue weighted by Gasteiger charge is 2.22. The van der Waals surface area contributed by atoms with E-state index in [1.807, 2.05) is 62.5 Å². The lowest BCUT2D eigenvalue weighted by Crippen LogP contribution is -2.41. The number of likely N-dealkylation sites (N-methyl/N-ethyl adjacent to an activating group) is 1. The summed E-state index contributed by atoms with van der Waals surface area (Å²) in [6.45, 7) is 3.85. The van der Waals surface area contributed by atoms with Gasteiger partial charge in [-0.2, -0.15) is 0 Å². The molecule has 0 aromatic heterocycles. The summed E-state index contributed by atoms with van der Waals surface area (Å²) < 4.78 is 11.2. The number of rotatable bonds is 6. The van der Waals surface area contributed by atoms with E-state index in [-0.39, 0.29) is 11.9 Å². The van der Waals surface area contributed by atoms with E-state index in [1.165, 1.54) is 0 Å². The summed E-state index contributed by atoms with van der Waals surface area (Å²) in [5.74, 6) is 1.57. The first kappa shape index (κ1) is 17.3. The average molecular weight is 340 g/mol. The van der Waals surface area contributed by atoms with E-state index in [4.69, 9.17) is 9.47 Å². The van der Waals surface area contributed by atoms with Crippen molar-refractivity contribution in [2.75, 3.05) is 25.6 Å². The highest BCUT2D eigenvalue weighted by Crippen LogP contribution is 2.31. The number of amides is 1. The van der Waals surface area contributed by atoms with Crippen molar-refractivity contribution in [1.29, 1.82) is 0 Å². The van der Waals surface area contributed by atoms with E-state index in [0.717, 1.165) is 29.2 Å². The first-order chi connectivity index (χ1) is 12.2. The Balaban J connectivity index is 1.65. The number of ether oxygens (including phenoxy) is 2. The second-order valence-electron chi connectivity index (χ2n) is 6.17. The molecule has 0 aliphatic carbocycles. The van der Waals surface area contributed by atoms with Gasteiger partial charge >= 0.3 is 0 Å². The number of carbonyl (C=O) groups excluding carboxylic acids is 1. The van der Waals surface area contributed by atoms with Gasteiger partial charge in [-0.05, 0) is 43.3 Å². The zero-order valence-corrected chi connectivity index (χ0v) is 14.7. The van der Waals surface area contributed by atoms with Gasteiger partial charge in [0.15, 0.2) is 11.5 Å². The molecule has 1 amide bonds. The largest absolute Gasteiger partial charge is 0.486 e. The van der Waals surface area contributed by atoms with Crippen molar-refractivity contribution < 1.29 is 14.3 Å². The number of carbonyl (C=O) groups is 1. The predicted octanol–water partition coefficient (Wildman–Crippen LogP) is 3.31. The fourth-order valence-electron chi connectivity index (χ4n) is 3.03. The molecular formula is C20H24N2O3. The van der Waals surface area contributed by atoms with Gasteiger partial charge in [0, 0.05) is 12.2 Å². The lowest BCUT2D eigenvalue weighted by atomic mass is 10.1. The Morgan fingerprint density at radius 2 is 1.84 bits per heavy atom. The quantitative estimate of drug-likeness (QED) is 0.876. The normalized spacial score (nSPS) is 14.2. The number of fused-ring (bicyclic) bond motifs is 1. The maximum Gasteiger partial charge on any atom is 0.241 e. The van der Waals surface area contributed by atoms with Gasteiger partial charge in [0.2, 0.25) is 5.91 Å². The minimum atomic E-state index is -0.201. The third-order valence-electron chi connectivity index (χ3n) is 4.30. The predicted molar refractivity (Wildman–Crippen MR) is 98.0 cm³/mol. The van der Waals surface area contributed by atoms with Gasteiger partial charge in [-0.1, -0.05) is 31.2 Å². The van der Waals surface area contributed by atoms with Crippen LogP contribution in [0, 0.1) is 0 Å². The van der Waals surface area contributed by atoms with Crippen LogP contribution in [0.4, 0.5) is 5.69 Å². The van der Waals surface area contributed by atoms with Crippen LogP contribution in [0.1, 0.15) is 18.9 Å². The molecule has 5 nitrogen and oxygen atoms in total. The third-order valence-corrected chi connectivity index (χ3v) is 4.30. The Kier molecular flexibility index (Phi) is 5.56. The Morgan fingerprint density at radius 3 is 2.56 bits per heavy atom. The Labute approximate surface area is 148 Å². The summed E-state index contributed by atoms with van der Waals surface area (Å²) in [6.07, 6.45) is 0.736. The zero-order chi connectivity index (χ0) is 17.6. The zero-order valence-electron chi connectivity index (χ0n) is 14.7. The molecule has 5 heteroatoms. The second kappa shape index (κ2) is 8.03. The molecule has 0 radical (unpaired) electrons. The SMILES string of the molecule is CCC(C(=O)Nc1ccccc1)N(C)Cc1ccc2c(c1)OCCO2. The molecule has 0 saturated carbocycles. The molecule has 0 fully saturated rings. The fraction of sp³-hybridized carbons (Fsp3) is 0.350. The second-order valence-corrected chi connectivity index (χ2v) is 6.17. The summed E-state index contributed by atoms with van der Waals surface area (Å²) in [5, 5.41) is 2.98. The van der Waals surface area contributed by atoms with Gasteiger partial charge in [0.05, 0.1) is 6.04 Å². The molecular weight excluding hydrogens is 316 g/mol. The van der Waals surface area contributed by atoms with E-state index in [9.17, 15) is 4.79 Å². The van der Waals surface area contributed by atoms with E-state index < -0.39 is 0 Å². The van der Waals surface area contributed by atoms with Crippen molar-refractivity contribution in [2.45, 2.75) is 25.9 Å². The molecule has 1 unspecified atom stereocenters. The summed E-state index contributed by atoms with van der Waals surface area (Å²) in [6, 6.07) is 15.3. The number of anilines is 1. The van der Waals surface area contributed by atoms with Gasteiger partial charge in [0.25, 0.3) is 0 Å². The standard InChI is InChI=1S/C20H24N2O3/c1-3-17(20(23)21-16-7-5-4-6-8-16)22(2)14-15-9-10-18-19(13-15)25-12-11-24-18/h4-10,13,17H,3,11-12,14H2,1-2H3,(H,21,23). The minimum Gasteiger partial charge on any atom is -0.486 e. The molecule has 25 heavy (non-hydrogen) atoms. The van der Waals surface area contributed by atoms with Crippen LogP contribution in [0.25, 0.3) is 0 Å². The molecule has 0 spiro atoms. The number of hydrogen-bond donors (Lipinski definition) is 1. The number of benzene rings is 2. The van der Waals surface area contributed by atoms with Crippen molar-refractivity contribution in [3.05, 3.63) is 54.1 Å². The van der Waals surface area contributed by atoms with Crippen molar-refractivity contribution >= 4 is 11.6 Å². The van der Waals surface area contributed by atoms with Gasteiger partial charge in [-0.15, -0.1) is 0 Å². The molecule has 1 heterocycles. The molecule has 132 valence electrons. The lowest BCUT2D eigenvalue weighted by Gasteiger charge is -2.27. The van der Waals surface area contributed by atoms with Crippen molar-refractivity contribution in [1.82, 2.24) is 4.90 Å². The maximum atomic E-state index is 12.6. The van der Waals surface area contributed by atoms with E-state index in [2.05, 4.69) is 10.2 Å². The smallest absolute Gasteiger partial charge is 0.241 e. The van der Waals surface area contributed by atoms with Crippen LogP contribution in [0.5, 0.6) is 11.5 Å². The monoisotopic (exact) mass is 340 g/mol. The first-order valence-electron chi connectivity index (χ1n) is 8.62. The number of nitrogens with zero attached hydrogens (tertiary/aromatic N) is 1. The molecule has 1 aliphatic rings. The molecule has 2 aromatic rings.